The molecule has 0 spiro atoms. The zero-order chi connectivity index (χ0) is 8.65. The number of nitrogens with zero attached hydrogens (tertiary/aromatic N) is 2. The van der Waals surface area contributed by atoms with Crippen molar-refractivity contribution < 1.29 is 4.79 Å². The average molecular weight is 152 g/mol. The van der Waals surface area contributed by atoms with E-state index >= 15 is 0 Å². The van der Waals surface area contributed by atoms with Crippen molar-refractivity contribution in [3.63, 3.8) is 0 Å². The average Bonchev–Trinajstić information content (AvgIpc) is 2.14. The Morgan fingerprint density at radius 2 is 2.27 bits per heavy atom. The Labute approximate surface area is 66.8 Å². The third-order valence-electron chi connectivity index (χ3n) is 2.46. The van der Waals surface area contributed by atoms with E-state index in [1.54, 1.807) is 0 Å². The summed E-state index contributed by atoms with van der Waals surface area (Å²) in [6, 6.07) is -0.435. The molecule has 0 aromatic carbocycles. The van der Waals surface area contributed by atoms with Crippen LogP contribution in [0, 0.1) is 6.57 Å². The quantitative estimate of drug-likeness (QED) is 0.474. The number of hydrogen-bond donors (Lipinski definition) is 0. The molecule has 1 atom stereocenters. The minimum Gasteiger partial charge on any atom is -0.304 e. The second kappa shape index (κ2) is 2.31. The van der Waals surface area contributed by atoms with E-state index in [1.165, 1.54) is 0 Å². The lowest BCUT2D eigenvalue weighted by molar-refractivity contribution is -0.123. The van der Waals surface area contributed by atoms with Crippen LogP contribution in [0.25, 0.3) is 4.85 Å². The Bertz CT molecular complexity index is 227. The summed E-state index contributed by atoms with van der Waals surface area (Å²) in [6.07, 6.45) is 0. The number of carbonyl (C=O) groups excluding carboxylic acids is 1. The highest BCUT2D eigenvalue weighted by molar-refractivity contribution is 5.95. The van der Waals surface area contributed by atoms with Gasteiger partial charge in [0.2, 0.25) is 5.78 Å². The highest BCUT2D eigenvalue weighted by Crippen LogP contribution is 2.24. The van der Waals surface area contributed by atoms with Gasteiger partial charge in [-0.3, -0.25) is 9.69 Å². The van der Waals surface area contributed by atoms with Crippen molar-refractivity contribution in [3.05, 3.63) is 11.4 Å². The first-order valence-corrected chi connectivity index (χ1v) is 3.62. The first-order chi connectivity index (χ1) is 5.00. The van der Waals surface area contributed by atoms with Crippen LogP contribution in [0.5, 0.6) is 0 Å². The summed E-state index contributed by atoms with van der Waals surface area (Å²) in [5, 5.41) is 0. The number of likely N-dealkylation sites (tertiary alicyclic amines) is 1. The molecule has 0 aromatic rings. The highest BCUT2D eigenvalue weighted by atomic mass is 16.1. The maximum absolute atomic E-state index is 11.4. The molecule has 60 valence electrons. The van der Waals surface area contributed by atoms with Gasteiger partial charge in [0.05, 0.1) is 12.1 Å². The molecule has 0 aromatic heterocycles. The first kappa shape index (κ1) is 8.22. The largest absolute Gasteiger partial charge is 0.304 e. The predicted molar refractivity (Wildman–Crippen MR) is 42.1 cm³/mol. The Kier molecular flexibility index (Phi) is 1.73. The van der Waals surface area contributed by atoms with Gasteiger partial charge in [-0.15, -0.1) is 0 Å². The maximum atomic E-state index is 11.4. The summed E-state index contributed by atoms with van der Waals surface area (Å²) in [5.41, 5.74) is -0.435. The highest BCUT2D eigenvalue weighted by Gasteiger charge is 2.48. The van der Waals surface area contributed by atoms with Gasteiger partial charge in [0.15, 0.2) is 0 Å². The van der Waals surface area contributed by atoms with Gasteiger partial charge in [-0.2, -0.15) is 0 Å². The Hall–Kier alpha value is -0.880. The Morgan fingerprint density at radius 1 is 1.73 bits per heavy atom. The van der Waals surface area contributed by atoms with E-state index in [4.69, 9.17) is 6.57 Å². The molecule has 11 heavy (non-hydrogen) atoms. The molecular formula is C8H12N2O. The van der Waals surface area contributed by atoms with Crippen LogP contribution in [0.15, 0.2) is 0 Å². The zero-order valence-corrected chi connectivity index (χ0v) is 7.09. The van der Waals surface area contributed by atoms with Crippen molar-refractivity contribution in [2.75, 3.05) is 13.6 Å². The van der Waals surface area contributed by atoms with E-state index < -0.39 is 11.6 Å². The van der Waals surface area contributed by atoms with Crippen LogP contribution >= 0.6 is 0 Å². The van der Waals surface area contributed by atoms with Gasteiger partial charge >= 0.3 is 0 Å². The summed E-state index contributed by atoms with van der Waals surface area (Å²) in [6.45, 7) is 11.1. The molecule has 1 saturated heterocycles. The fraction of sp³-hybridized carbons (Fsp3) is 0.750. The van der Waals surface area contributed by atoms with Gasteiger partial charge in [-0.05, 0) is 20.9 Å². The fourth-order valence-electron chi connectivity index (χ4n) is 1.27. The van der Waals surface area contributed by atoms with E-state index in [-0.39, 0.29) is 5.78 Å². The van der Waals surface area contributed by atoms with Crippen LogP contribution < -0.4 is 0 Å². The SMILES string of the molecule is [C-]#[N+]C1CN(C)C(C)(C)C1=O. The number of hydrogen-bond acceptors (Lipinski definition) is 2. The Balaban J connectivity index is 2.91. The number of ketones is 1. The number of Topliss-reactive ketones (excluding diaryl/α,β-unsaturated/α-hetero) is 1. The monoisotopic (exact) mass is 152 g/mol. The topological polar surface area (TPSA) is 24.7 Å². The summed E-state index contributed by atoms with van der Waals surface area (Å²) in [5.74, 6) is 0.0509. The molecule has 0 radical (unpaired) electrons. The third-order valence-corrected chi connectivity index (χ3v) is 2.46. The third kappa shape index (κ3) is 1.04. The number of likely N-dealkylation sites (N-methyl/N-ethyl adjacent to an activating group) is 1. The summed E-state index contributed by atoms with van der Waals surface area (Å²) in [4.78, 5) is 16.6. The summed E-state index contributed by atoms with van der Waals surface area (Å²) < 4.78 is 0. The fourth-order valence-corrected chi connectivity index (χ4v) is 1.27. The van der Waals surface area contributed by atoms with E-state index in [9.17, 15) is 4.79 Å². The van der Waals surface area contributed by atoms with E-state index in [2.05, 4.69) is 4.85 Å². The van der Waals surface area contributed by atoms with E-state index in [1.807, 2.05) is 25.8 Å². The van der Waals surface area contributed by atoms with Crippen LogP contribution in [0.2, 0.25) is 0 Å². The molecule has 1 aliphatic rings. The van der Waals surface area contributed by atoms with E-state index in [0.717, 1.165) is 0 Å². The van der Waals surface area contributed by atoms with Gasteiger partial charge < -0.3 is 4.85 Å². The minimum absolute atomic E-state index is 0.0509. The lowest BCUT2D eigenvalue weighted by Crippen LogP contribution is -2.40. The van der Waals surface area contributed by atoms with Crippen LogP contribution in [0.3, 0.4) is 0 Å². The Morgan fingerprint density at radius 3 is 2.45 bits per heavy atom. The van der Waals surface area contributed by atoms with Gasteiger partial charge in [0, 0.05) is 0 Å². The zero-order valence-electron chi connectivity index (χ0n) is 7.09. The standard InChI is InChI=1S/C8H12N2O/c1-8(2)7(11)6(9-3)5-10(8)4/h6H,5H2,1-2,4H3. The summed E-state index contributed by atoms with van der Waals surface area (Å²) in [7, 11) is 1.88. The molecule has 1 heterocycles. The van der Waals surface area contributed by atoms with Crippen LogP contribution in [-0.4, -0.2) is 35.9 Å². The van der Waals surface area contributed by atoms with Crippen molar-refractivity contribution in [1.29, 1.82) is 0 Å². The van der Waals surface area contributed by atoms with Crippen LogP contribution in [-0.2, 0) is 4.79 Å². The molecule has 0 aliphatic carbocycles. The lowest BCUT2D eigenvalue weighted by atomic mass is 9.99. The smallest absolute Gasteiger partial charge is 0.295 e. The minimum atomic E-state index is -0.435. The molecular weight excluding hydrogens is 140 g/mol. The normalized spacial score (nSPS) is 30.4. The summed E-state index contributed by atoms with van der Waals surface area (Å²) >= 11 is 0. The molecule has 1 unspecified atom stereocenters. The second-order valence-electron chi connectivity index (χ2n) is 3.45. The number of rotatable bonds is 0. The molecule has 3 heteroatoms. The van der Waals surface area contributed by atoms with Gasteiger partial charge in [-0.25, -0.2) is 6.57 Å². The van der Waals surface area contributed by atoms with Crippen LogP contribution in [0.4, 0.5) is 0 Å². The molecule has 0 saturated carbocycles. The van der Waals surface area contributed by atoms with E-state index in [0.29, 0.717) is 6.54 Å². The first-order valence-electron chi connectivity index (χ1n) is 3.62. The maximum Gasteiger partial charge on any atom is 0.295 e. The van der Waals surface area contributed by atoms with Crippen LogP contribution in [0.1, 0.15) is 13.8 Å². The van der Waals surface area contributed by atoms with Crippen molar-refractivity contribution >= 4 is 5.78 Å². The predicted octanol–water partition coefficient (Wildman–Crippen LogP) is 0.567. The molecule has 0 bridgehead atoms. The van der Waals surface area contributed by atoms with Gasteiger partial charge in [0.1, 0.15) is 0 Å². The van der Waals surface area contributed by atoms with Crippen molar-refractivity contribution in [2.24, 2.45) is 0 Å². The molecule has 1 fully saturated rings. The van der Waals surface area contributed by atoms with Crippen molar-refractivity contribution in [2.45, 2.75) is 25.4 Å². The van der Waals surface area contributed by atoms with Crippen molar-refractivity contribution in [1.82, 2.24) is 4.90 Å². The molecule has 0 amide bonds. The molecule has 1 aliphatic heterocycles. The van der Waals surface area contributed by atoms with Gasteiger partial charge in [-0.1, -0.05) is 0 Å². The molecule has 1 rings (SSSR count). The van der Waals surface area contributed by atoms with Gasteiger partial charge in [0.25, 0.3) is 6.04 Å². The molecule has 0 N–H and O–H groups in total. The van der Waals surface area contributed by atoms with Crippen molar-refractivity contribution in [3.8, 4) is 0 Å². The lowest BCUT2D eigenvalue weighted by Gasteiger charge is -2.23. The molecule has 3 nitrogen and oxygen atoms in total. The number of carbonyl (C=O) groups is 1. The second-order valence-corrected chi connectivity index (χ2v) is 3.45.